The van der Waals surface area contributed by atoms with Gasteiger partial charge >= 0.3 is 5.97 Å². The molecule has 0 amide bonds. The van der Waals surface area contributed by atoms with E-state index in [4.69, 9.17) is 4.74 Å². The first-order valence-electron chi connectivity index (χ1n) is 10.6. The van der Waals surface area contributed by atoms with E-state index < -0.39 is 0 Å². The molecule has 0 bridgehead atoms. The average molecular weight is 535 g/mol. The third-order valence-electron chi connectivity index (χ3n) is 4.86. The topological polar surface area (TPSA) is 72.0 Å². The summed E-state index contributed by atoms with van der Waals surface area (Å²) in [5.74, 6) is 1.11. The van der Waals surface area contributed by atoms with Crippen LogP contribution in [0.1, 0.15) is 64.0 Å². The van der Waals surface area contributed by atoms with Gasteiger partial charge in [-0.15, -0.1) is 24.0 Å². The highest BCUT2D eigenvalue weighted by molar-refractivity contribution is 14.0. The zero-order chi connectivity index (χ0) is 21.1. The number of carbonyl (C=O) groups excluding carboxylic acids is 1. The number of guanidine groups is 1. The molecule has 1 aromatic rings. The maximum Gasteiger partial charge on any atom is 0.305 e. The highest BCUT2D eigenvalue weighted by atomic mass is 127. The first-order valence-corrected chi connectivity index (χ1v) is 10.6. The Morgan fingerprint density at radius 1 is 1.30 bits per heavy atom. The molecule has 30 heavy (non-hydrogen) atoms. The van der Waals surface area contributed by atoms with E-state index in [1.165, 1.54) is 26.0 Å². The van der Waals surface area contributed by atoms with Gasteiger partial charge in [0.2, 0.25) is 0 Å². The van der Waals surface area contributed by atoms with Crippen molar-refractivity contribution in [1.29, 1.82) is 0 Å². The number of ether oxygens (including phenoxy) is 2. The number of nitrogens with one attached hydrogen (secondary N) is 2. The molecule has 2 N–H and O–H groups in total. The summed E-state index contributed by atoms with van der Waals surface area (Å²) in [4.78, 5) is 15.7. The minimum absolute atomic E-state index is 0. The summed E-state index contributed by atoms with van der Waals surface area (Å²) in [5.41, 5.74) is 0.838. The molecule has 0 saturated heterocycles. The number of aliphatic imine (C=N–C) groups is 1. The quantitative estimate of drug-likeness (QED) is 0.135. The summed E-state index contributed by atoms with van der Waals surface area (Å²) in [5, 5.41) is 6.53. The second kappa shape index (κ2) is 14.4. The monoisotopic (exact) mass is 535 g/mol. The van der Waals surface area contributed by atoms with Crippen LogP contribution in [0.25, 0.3) is 0 Å². The minimum atomic E-state index is -0.329. The molecule has 1 aromatic carbocycles. The molecule has 170 valence electrons. The molecule has 1 fully saturated rings. The Kier molecular flexibility index (Phi) is 12.7. The normalized spacial score (nSPS) is 14.5. The Labute approximate surface area is 196 Å². The van der Waals surface area contributed by atoms with Crippen molar-refractivity contribution >= 4 is 35.9 Å². The molecule has 0 heterocycles. The summed E-state index contributed by atoms with van der Waals surface area (Å²) >= 11 is 0. The summed E-state index contributed by atoms with van der Waals surface area (Å²) in [6, 6.07) is 5.02. The largest absolute Gasteiger partial charge is 0.490 e. The van der Waals surface area contributed by atoms with E-state index in [-0.39, 0.29) is 41.8 Å². The lowest BCUT2D eigenvalue weighted by molar-refractivity contribution is -0.140. The van der Waals surface area contributed by atoms with Gasteiger partial charge in [0.1, 0.15) is 0 Å². The first-order chi connectivity index (χ1) is 14.0. The molecule has 0 spiro atoms. The van der Waals surface area contributed by atoms with Crippen LogP contribution in [-0.4, -0.2) is 38.7 Å². The van der Waals surface area contributed by atoms with Crippen LogP contribution in [0.2, 0.25) is 0 Å². The van der Waals surface area contributed by atoms with Crippen LogP contribution in [0, 0.1) is 11.7 Å². The predicted molar refractivity (Wildman–Crippen MR) is 128 cm³/mol. The molecule has 1 unspecified atom stereocenters. The SMILES string of the molecule is CCNC(=NCCCCCC(=O)OC)NC(C)c1ccc(OCC2CC2)c(F)c1.I. The lowest BCUT2D eigenvalue weighted by atomic mass is 10.1. The van der Waals surface area contributed by atoms with E-state index in [0.29, 0.717) is 37.2 Å². The lowest BCUT2D eigenvalue weighted by Crippen LogP contribution is -2.38. The van der Waals surface area contributed by atoms with Gasteiger partial charge in [0.25, 0.3) is 0 Å². The van der Waals surface area contributed by atoms with E-state index in [9.17, 15) is 9.18 Å². The average Bonchev–Trinajstić information content (AvgIpc) is 3.53. The highest BCUT2D eigenvalue weighted by Crippen LogP contribution is 2.30. The molecule has 1 aliphatic rings. The Morgan fingerprint density at radius 3 is 2.70 bits per heavy atom. The predicted octanol–water partition coefficient (Wildman–Crippen LogP) is 4.58. The summed E-state index contributed by atoms with van der Waals surface area (Å²) < 4.78 is 24.5. The van der Waals surface area contributed by atoms with Crippen LogP contribution in [-0.2, 0) is 9.53 Å². The number of hydrogen-bond donors (Lipinski definition) is 2. The number of carbonyl (C=O) groups is 1. The molecule has 1 aliphatic carbocycles. The zero-order valence-electron chi connectivity index (χ0n) is 18.2. The van der Waals surface area contributed by atoms with Gasteiger partial charge in [-0.2, -0.15) is 0 Å². The van der Waals surface area contributed by atoms with Crippen molar-refractivity contribution in [3.8, 4) is 5.75 Å². The number of methoxy groups -OCH3 is 1. The third kappa shape index (κ3) is 9.95. The van der Waals surface area contributed by atoms with Crippen LogP contribution >= 0.6 is 24.0 Å². The van der Waals surface area contributed by atoms with Gasteiger partial charge in [-0.1, -0.05) is 12.5 Å². The standard InChI is InChI=1S/C22H34FN3O3.HI/c1-4-24-22(25-13-7-5-6-8-21(27)28-3)26-16(2)18-11-12-20(19(23)14-18)29-15-17-9-10-17;/h11-12,14,16-17H,4-10,13,15H2,1-3H3,(H2,24,25,26);1H. The molecule has 8 heteroatoms. The molecule has 0 aliphatic heterocycles. The molecular weight excluding hydrogens is 500 g/mol. The third-order valence-corrected chi connectivity index (χ3v) is 4.86. The van der Waals surface area contributed by atoms with Gasteiger partial charge in [-0.3, -0.25) is 9.79 Å². The molecule has 0 radical (unpaired) electrons. The van der Waals surface area contributed by atoms with Crippen LogP contribution in [0.15, 0.2) is 23.2 Å². The molecule has 1 saturated carbocycles. The van der Waals surface area contributed by atoms with Gasteiger partial charge in [0, 0.05) is 19.5 Å². The number of benzene rings is 1. The maximum atomic E-state index is 14.3. The number of hydrogen-bond acceptors (Lipinski definition) is 4. The second-order valence-electron chi connectivity index (χ2n) is 7.46. The summed E-state index contributed by atoms with van der Waals surface area (Å²) in [6.07, 6.45) is 5.42. The summed E-state index contributed by atoms with van der Waals surface area (Å²) in [6.45, 7) is 5.97. The van der Waals surface area contributed by atoms with Crippen molar-refractivity contribution in [3.63, 3.8) is 0 Å². The molecule has 0 aromatic heterocycles. The number of esters is 1. The first kappa shape index (κ1) is 26.5. The number of unbranched alkanes of at least 4 members (excludes halogenated alkanes) is 2. The second-order valence-corrected chi connectivity index (χ2v) is 7.46. The number of halogens is 2. The van der Waals surface area contributed by atoms with Crippen LogP contribution in [0.3, 0.4) is 0 Å². The molecule has 6 nitrogen and oxygen atoms in total. The van der Waals surface area contributed by atoms with Crippen molar-refractivity contribution in [3.05, 3.63) is 29.6 Å². The molecule has 2 rings (SSSR count). The van der Waals surface area contributed by atoms with Crippen molar-refractivity contribution in [2.24, 2.45) is 10.9 Å². The minimum Gasteiger partial charge on any atom is -0.490 e. The highest BCUT2D eigenvalue weighted by Gasteiger charge is 2.22. The Bertz CT molecular complexity index is 684. The van der Waals surface area contributed by atoms with Gasteiger partial charge in [-0.05, 0) is 63.1 Å². The fourth-order valence-electron chi connectivity index (χ4n) is 2.85. The van der Waals surface area contributed by atoms with Crippen molar-refractivity contribution in [2.75, 3.05) is 26.8 Å². The van der Waals surface area contributed by atoms with Gasteiger partial charge in [0.05, 0.1) is 19.8 Å². The fourth-order valence-corrected chi connectivity index (χ4v) is 2.85. The van der Waals surface area contributed by atoms with E-state index in [2.05, 4.69) is 20.4 Å². The van der Waals surface area contributed by atoms with E-state index in [1.807, 2.05) is 19.9 Å². The van der Waals surface area contributed by atoms with Crippen LogP contribution in [0.5, 0.6) is 5.75 Å². The molecule has 1 atom stereocenters. The number of rotatable bonds is 12. The molecular formula is C22H35FIN3O3. The Balaban J connectivity index is 0.00000450. The van der Waals surface area contributed by atoms with Crippen molar-refractivity contribution in [1.82, 2.24) is 10.6 Å². The number of nitrogens with zero attached hydrogens (tertiary/aromatic N) is 1. The van der Waals surface area contributed by atoms with E-state index >= 15 is 0 Å². The lowest BCUT2D eigenvalue weighted by Gasteiger charge is -2.19. The smallest absolute Gasteiger partial charge is 0.305 e. The maximum absolute atomic E-state index is 14.3. The van der Waals surface area contributed by atoms with Crippen LogP contribution < -0.4 is 15.4 Å². The van der Waals surface area contributed by atoms with Crippen molar-refractivity contribution < 1.29 is 18.7 Å². The van der Waals surface area contributed by atoms with E-state index in [0.717, 1.165) is 31.4 Å². The summed E-state index contributed by atoms with van der Waals surface area (Å²) in [7, 11) is 1.41. The van der Waals surface area contributed by atoms with E-state index in [1.54, 1.807) is 6.07 Å². The zero-order valence-corrected chi connectivity index (χ0v) is 20.5. The fraction of sp³-hybridized carbons (Fsp3) is 0.636. The van der Waals surface area contributed by atoms with Gasteiger partial charge in [0.15, 0.2) is 17.5 Å². The van der Waals surface area contributed by atoms with Crippen molar-refractivity contribution in [2.45, 2.75) is 58.4 Å². The Morgan fingerprint density at radius 2 is 2.07 bits per heavy atom. The van der Waals surface area contributed by atoms with Crippen LogP contribution in [0.4, 0.5) is 4.39 Å². The Hall–Kier alpha value is -1.58. The van der Waals surface area contributed by atoms with Gasteiger partial charge < -0.3 is 20.1 Å². The van der Waals surface area contributed by atoms with Gasteiger partial charge in [-0.25, -0.2) is 4.39 Å².